The Morgan fingerprint density at radius 3 is 2.65 bits per heavy atom. The van der Waals surface area contributed by atoms with Crippen LogP contribution in [0.5, 0.6) is 0 Å². The van der Waals surface area contributed by atoms with Crippen molar-refractivity contribution < 1.29 is 19.4 Å². The molecule has 2 N–H and O–H groups in total. The predicted molar refractivity (Wildman–Crippen MR) is 88.6 cm³/mol. The van der Waals surface area contributed by atoms with Crippen LogP contribution in [0.1, 0.15) is 18.4 Å². The number of rotatable bonds is 8. The van der Waals surface area contributed by atoms with Gasteiger partial charge < -0.3 is 15.2 Å². The summed E-state index contributed by atoms with van der Waals surface area (Å²) in [6.07, 6.45) is 2.20. The Bertz CT molecular complexity index is 492. The van der Waals surface area contributed by atoms with Crippen molar-refractivity contribution in [3.63, 3.8) is 0 Å². The van der Waals surface area contributed by atoms with E-state index in [1.165, 1.54) is 0 Å². The molecule has 1 aromatic rings. The maximum atomic E-state index is 11.9. The van der Waals surface area contributed by atoms with Crippen LogP contribution in [0, 0.1) is 0 Å². The van der Waals surface area contributed by atoms with E-state index in [0.29, 0.717) is 13.1 Å². The van der Waals surface area contributed by atoms with Crippen molar-refractivity contribution in [1.82, 2.24) is 10.2 Å². The largest absolute Gasteiger partial charge is 0.480 e. The van der Waals surface area contributed by atoms with Gasteiger partial charge in [-0.1, -0.05) is 30.3 Å². The average Bonchev–Trinajstić information content (AvgIpc) is 2.99. The maximum absolute atomic E-state index is 11.9. The standard InChI is InChI=1S/C16H22N2O4.ClH/c19-15(17-9-16(20)21)12-18(11-14-7-4-8-22-14)10-13-5-2-1-3-6-13;/h1-3,5-6,14H,4,7-12H2,(H,17,19)(H,20,21);1H. The van der Waals surface area contributed by atoms with Crippen LogP contribution >= 0.6 is 12.4 Å². The normalized spacial score (nSPS) is 16.8. The molecule has 1 amide bonds. The van der Waals surface area contributed by atoms with Gasteiger partial charge in [-0.25, -0.2) is 0 Å². The Morgan fingerprint density at radius 1 is 1.30 bits per heavy atom. The number of hydrogen-bond donors (Lipinski definition) is 2. The van der Waals surface area contributed by atoms with Gasteiger partial charge in [0, 0.05) is 19.7 Å². The second-order valence-corrected chi connectivity index (χ2v) is 5.46. The van der Waals surface area contributed by atoms with Crippen molar-refractivity contribution in [2.24, 2.45) is 0 Å². The highest BCUT2D eigenvalue weighted by molar-refractivity contribution is 5.85. The summed E-state index contributed by atoms with van der Waals surface area (Å²) in [5, 5.41) is 11.0. The minimum atomic E-state index is -1.04. The van der Waals surface area contributed by atoms with Crippen molar-refractivity contribution in [3.05, 3.63) is 35.9 Å². The molecule has 1 atom stereocenters. The van der Waals surface area contributed by atoms with Crippen LogP contribution in [0.15, 0.2) is 30.3 Å². The quantitative estimate of drug-likeness (QED) is 0.744. The molecule has 1 aliphatic rings. The predicted octanol–water partition coefficient (Wildman–Crippen LogP) is 1.29. The molecule has 1 heterocycles. The van der Waals surface area contributed by atoms with Gasteiger partial charge in [0.2, 0.25) is 5.91 Å². The number of aliphatic carboxylic acids is 1. The van der Waals surface area contributed by atoms with Gasteiger partial charge in [0.15, 0.2) is 0 Å². The third-order valence-corrected chi connectivity index (χ3v) is 3.54. The molecular weight excluding hydrogens is 320 g/mol. The van der Waals surface area contributed by atoms with E-state index in [1.54, 1.807) is 0 Å². The fourth-order valence-corrected chi connectivity index (χ4v) is 2.54. The zero-order chi connectivity index (χ0) is 15.8. The third-order valence-electron chi connectivity index (χ3n) is 3.54. The van der Waals surface area contributed by atoms with Crippen molar-refractivity contribution in [3.8, 4) is 0 Å². The monoisotopic (exact) mass is 342 g/mol. The SMILES string of the molecule is Cl.O=C(O)CNC(=O)CN(Cc1ccccc1)CC1CCCO1. The summed E-state index contributed by atoms with van der Waals surface area (Å²) in [6.45, 7) is 1.91. The van der Waals surface area contributed by atoms with Crippen molar-refractivity contribution in [1.29, 1.82) is 0 Å². The fraction of sp³-hybridized carbons (Fsp3) is 0.500. The molecule has 7 heteroatoms. The van der Waals surface area contributed by atoms with Gasteiger partial charge in [-0.2, -0.15) is 0 Å². The lowest BCUT2D eigenvalue weighted by Gasteiger charge is -2.24. The van der Waals surface area contributed by atoms with Crippen molar-refractivity contribution in [2.75, 3.05) is 26.2 Å². The number of nitrogens with zero attached hydrogens (tertiary/aromatic N) is 1. The smallest absolute Gasteiger partial charge is 0.322 e. The summed E-state index contributed by atoms with van der Waals surface area (Å²) in [4.78, 5) is 24.4. The molecule has 1 fully saturated rings. The highest BCUT2D eigenvalue weighted by Gasteiger charge is 2.21. The van der Waals surface area contributed by atoms with E-state index in [9.17, 15) is 9.59 Å². The van der Waals surface area contributed by atoms with Gasteiger partial charge >= 0.3 is 5.97 Å². The summed E-state index contributed by atoms with van der Waals surface area (Å²) in [5.41, 5.74) is 1.12. The van der Waals surface area contributed by atoms with E-state index in [0.717, 1.165) is 25.0 Å². The van der Waals surface area contributed by atoms with E-state index < -0.39 is 5.97 Å². The second-order valence-electron chi connectivity index (χ2n) is 5.46. The van der Waals surface area contributed by atoms with Crippen LogP contribution in [0.3, 0.4) is 0 Å². The van der Waals surface area contributed by atoms with Crippen LogP contribution in [-0.2, 0) is 20.9 Å². The third kappa shape index (κ3) is 7.45. The first-order valence-electron chi connectivity index (χ1n) is 7.50. The van der Waals surface area contributed by atoms with E-state index >= 15 is 0 Å². The second kappa shape index (κ2) is 10.2. The Hall–Kier alpha value is -1.63. The number of carbonyl (C=O) groups excluding carboxylic acids is 1. The summed E-state index contributed by atoms with van der Waals surface area (Å²) < 4.78 is 5.63. The van der Waals surface area contributed by atoms with Gasteiger partial charge in [0.05, 0.1) is 12.6 Å². The summed E-state index contributed by atoms with van der Waals surface area (Å²) >= 11 is 0. The van der Waals surface area contributed by atoms with Gasteiger partial charge in [-0.05, 0) is 18.4 Å². The molecule has 1 aliphatic heterocycles. The van der Waals surface area contributed by atoms with E-state index in [4.69, 9.17) is 9.84 Å². The van der Waals surface area contributed by atoms with Gasteiger partial charge in [0.1, 0.15) is 6.54 Å². The van der Waals surface area contributed by atoms with Crippen molar-refractivity contribution in [2.45, 2.75) is 25.5 Å². The van der Waals surface area contributed by atoms with E-state index in [1.807, 2.05) is 35.2 Å². The first-order valence-corrected chi connectivity index (χ1v) is 7.50. The number of ether oxygens (including phenoxy) is 1. The number of carboxylic acid groups (broad SMARTS) is 1. The number of hydrogen-bond acceptors (Lipinski definition) is 4. The zero-order valence-corrected chi connectivity index (χ0v) is 13.8. The zero-order valence-electron chi connectivity index (χ0n) is 12.9. The van der Waals surface area contributed by atoms with Gasteiger partial charge in [0.25, 0.3) is 0 Å². The van der Waals surface area contributed by atoms with Crippen LogP contribution in [0.25, 0.3) is 0 Å². The highest BCUT2D eigenvalue weighted by atomic mass is 35.5. The first-order chi connectivity index (χ1) is 10.6. The molecular formula is C16H23ClN2O4. The lowest BCUT2D eigenvalue weighted by Crippen LogP contribution is -2.41. The molecule has 0 aromatic heterocycles. The molecule has 1 aromatic carbocycles. The summed E-state index contributed by atoms with van der Waals surface area (Å²) in [6, 6.07) is 9.90. The molecule has 0 radical (unpaired) electrons. The Labute approximate surface area is 142 Å². The molecule has 23 heavy (non-hydrogen) atoms. The molecule has 1 saturated heterocycles. The number of nitrogens with one attached hydrogen (secondary N) is 1. The first kappa shape index (κ1) is 19.4. The van der Waals surface area contributed by atoms with Crippen molar-refractivity contribution >= 4 is 24.3 Å². The topological polar surface area (TPSA) is 78.9 Å². The average molecular weight is 343 g/mol. The molecule has 0 aliphatic carbocycles. The Morgan fingerprint density at radius 2 is 2.04 bits per heavy atom. The van der Waals surface area contributed by atoms with Crippen LogP contribution in [-0.4, -0.2) is 54.2 Å². The van der Waals surface area contributed by atoms with E-state index in [-0.39, 0.29) is 37.5 Å². The molecule has 6 nitrogen and oxygen atoms in total. The highest BCUT2D eigenvalue weighted by Crippen LogP contribution is 2.15. The minimum absolute atomic E-state index is 0. The molecule has 1 unspecified atom stereocenters. The number of amides is 1. The molecule has 0 saturated carbocycles. The summed E-state index contributed by atoms with van der Waals surface area (Å²) in [5.74, 6) is -1.32. The Kier molecular flexibility index (Phi) is 8.61. The van der Waals surface area contributed by atoms with Crippen LogP contribution in [0.4, 0.5) is 0 Å². The molecule has 2 rings (SSSR count). The Balaban J connectivity index is 0.00000264. The van der Waals surface area contributed by atoms with Crippen LogP contribution < -0.4 is 5.32 Å². The fourth-order valence-electron chi connectivity index (χ4n) is 2.54. The van der Waals surface area contributed by atoms with E-state index in [2.05, 4.69) is 5.32 Å². The minimum Gasteiger partial charge on any atom is -0.480 e. The van der Waals surface area contributed by atoms with Gasteiger partial charge in [-0.3, -0.25) is 14.5 Å². The molecule has 0 bridgehead atoms. The maximum Gasteiger partial charge on any atom is 0.322 e. The lowest BCUT2D eigenvalue weighted by molar-refractivity contribution is -0.138. The summed E-state index contributed by atoms with van der Waals surface area (Å²) in [7, 11) is 0. The number of carbonyl (C=O) groups is 2. The molecule has 128 valence electrons. The number of halogens is 1. The number of benzene rings is 1. The molecule has 0 spiro atoms. The van der Waals surface area contributed by atoms with Crippen LogP contribution in [0.2, 0.25) is 0 Å². The number of carboxylic acids is 1. The van der Waals surface area contributed by atoms with Gasteiger partial charge in [-0.15, -0.1) is 12.4 Å². The lowest BCUT2D eigenvalue weighted by atomic mass is 10.2.